The Morgan fingerprint density at radius 1 is 0.971 bits per heavy atom. The van der Waals surface area contributed by atoms with Gasteiger partial charge in [0.1, 0.15) is 6.61 Å². The van der Waals surface area contributed by atoms with E-state index in [1.165, 1.54) is 22.3 Å². The van der Waals surface area contributed by atoms with Gasteiger partial charge in [-0.3, -0.25) is 9.59 Å². The van der Waals surface area contributed by atoms with Crippen molar-refractivity contribution in [3.63, 3.8) is 0 Å². The number of ether oxygens (including phenoxy) is 1. The van der Waals surface area contributed by atoms with Gasteiger partial charge in [0.05, 0.1) is 6.42 Å². The van der Waals surface area contributed by atoms with Crippen LogP contribution in [0.3, 0.4) is 0 Å². The summed E-state index contributed by atoms with van der Waals surface area (Å²) in [6.07, 6.45) is 2.40. The third-order valence-electron chi connectivity index (χ3n) is 6.17. The second kappa shape index (κ2) is 12.2. The standard InChI is InChI=1S/C27H34N2O5/c1-3-9-19(16-26(31)32)29-25(30)15-8-10-18(2)28-27(33)34-17-24-22-13-6-4-11-20(22)21-12-5-7-14-23(21)24/h4-7,11-14,18-19,24H,3,8-10,15-17H2,1-2H3,(H,28,33)(H,29,30)(H,31,32)/t18?,19-/m0/s1. The maximum atomic E-state index is 12.4. The summed E-state index contributed by atoms with van der Waals surface area (Å²) in [6.45, 7) is 4.10. The number of alkyl carbamates (subject to hydrolysis) is 1. The Kier molecular flexibility index (Phi) is 9.08. The minimum atomic E-state index is -0.917. The number of hydrogen-bond acceptors (Lipinski definition) is 4. The number of benzene rings is 2. The molecule has 0 aromatic heterocycles. The van der Waals surface area contributed by atoms with Gasteiger partial charge in [0.25, 0.3) is 0 Å². The number of carboxylic acids is 1. The lowest BCUT2D eigenvalue weighted by atomic mass is 9.98. The molecule has 7 heteroatoms. The van der Waals surface area contributed by atoms with Gasteiger partial charge in [-0.05, 0) is 48.4 Å². The number of rotatable bonds is 12. The molecule has 34 heavy (non-hydrogen) atoms. The Morgan fingerprint density at radius 2 is 1.59 bits per heavy atom. The van der Waals surface area contributed by atoms with E-state index in [1.807, 2.05) is 38.1 Å². The topological polar surface area (TPSA) is 105 Å². The summed E-state index contributed by atoms with van der Waals surface area (Å²) in [6, 6.07) is 15.9. The van der Waals surface area contributed by atoms with E-state index in [-0.39, 0.29) is 43.4 Å². The highest BCUT2D eigenvalue weighted by Crippen LogP contribution is 2.44. The fourth-order valence-corrected chi connectivity index (χ4v) is 4.57. The summed E-state index contributed by atoms with van der Waals surface area (Å²) in [5.74, 6) is -1.06. The van der Waals surface area contributed by atoms with Crippen molar-refractivity contribution in [3.8, 4) is 11.1 Å². The first kappa shape index (κ1) is 25.3. The number of hydrogen-bond donors (Lipinski definition) is 3. The lowest BCUT2D eigenvalue weighted by molar-refractivity contribution is -0.137. The van der Waals surface area contributed by atoms with Gasteiger partial charge < -0.3 is 20.5 Å². The fourth-order valence-electron chi connectivity index (χ4n) is 4.57. The van der Waals surface area contributed by atoms with Crippen LogP contribution in [0.1, 0.15) is 69.4 Å². The molecule has 2 aromatic rings. The largest absolute Gasteiger partial charge is 0.481 e. The molecule has 1 unspecified atom stereocenters. The van der Waals surface area contributed by atoms with Crippen LogP contribution in [0.4, 0.5) is 4.79 Å². The summed E-state index contributed by atoms with van der Waals surface area (Å²) in [7, 11) is 0. The highest BCUT2D eigenvalue weighted by molar-refractivity contribution is 5.79. The molecule has 7 nitrogen and oxygen atoms in total. The van der Waals surface area contributed by atoms with Gasteiger partial charge in [-0.15, -0.1) is 0 Å². The average molecular weight is 467 g/mol. The number of aliphatic carboxylic acids is 1. The Hall–Kier alpha value is -3.35. The van der Waals surface area contributed by atoms with Crippen molar-refractivity contribution >= 4 is 18.0 Å². The molecule has 0 bridgehead atoms. The predicted octanol–water partition coefficient (Wildman–Crippen LogP) is 4.84. The van der Waals surface area contributed by atoms with E-state index in [0.29, 0.717) is 19.3 Å². The van der Waals surface area contributed by atoms with Gasteiger partial charge >= 0.3 is 12.1 Å². The summed E-state index contributed by atoms with van der Waals surface area (Å²) >= 11 is 0. The zero-order valence-corrected chi connectivity index (χ0v) is 19.9. The predicted molar refractivity (Wildman–Crippen MR) is 131 cm³/mol. The van der Waals surface area contributed by atoms with Crippen molar-refractivity contribution in [1.82, 2.24) is 10.6 Å². The van der Waals surface area contributed by atoms with Crippen molar-refractivity contribution in [2.24, 2.45) is 0 Å². The molecule has 182 valence electrons. The molecule has 3 rings (SSSR count). The Morgan fingerprint density at radius 3 is 2.18 bits per heavy atom. The van der Waals surface area contributed by atoms with E-state index >= 15 is 0 Å². The van der Waals surface area contributed by atoms with Crippen LogP contribution in [0.2, 0.25) is 0 Å². The fraction of sp³-hybridized carbons (Fsp3) is 0.444. The van der Waals surface area contributed by atoms with E-state index in [2.05, 4.69) is 34.9 Å². The van der Waals surface area contributed by atoms with Crippen LogP contribution in [-0.4, -0.2) is 41.8 Å². The molecule has 0 spiro atoms. The molecule has 2 amide bonds. The van der Waals surface area contributed by atoms with Crippen molar-refractivity contribution < 1.29 is 24.2 Å². The lowest BCUT2D eigenvalue weighted by Gasteiger charge is -2.18. The molecule has 1 aliphatic carbocycles. The van der Waals surface area contributed by atoms with E-state index in [4.69, 9.17) is 9.84 Å². The number of nitrogens with one attached hydrogen (secondary N) is 2. The molecular formula is C27H34N2O5. The molecule has 0 saturated heterocycles. The summed E-state index contributed by atoms with van der Waals surface area (Å²) in [5, 5.41) is 14.6. The van der Waals surface area contributed by atoms with Crippen LogP contribution in [0, 0.1) is 0 Å². The summed E-state index contributed by atoms with van der Waals surface area (Å²) < 4.78 is 5.57. The smallest absolute Gasteiger partial charge is 0.407 e. The molecule has 2 atom stereocenters. The van der Waals surface area contributed by atoms with Gasteiger partial charge in [-0.1, -0.05) is 61.9 Å². The van der Waals surface area contributed by atoms with Crippen molar-refractivity contribution in [2.75, 3.05) is 6.61 Å². The number of carboxylic acid groups (broad SMARTS) is 1. The second-order valence-corrected chi connectivity index (χ2v) is 8.91. The molecule has 0 aliphatic heterocycles. The van der Waals surface area contributed by atoms with E-state index in [9.17, 15) is 14.4 Å². The van der Waals surface area contributed by atoms with Gasteiger partial charge in [0, 0.05) is 24.4 Å². The van der Waals surface area contributed by atoms with Crippen molar-refractivity contribution in [2.45, 2.75) is 70.4 Å². The van der Waals surface area contributed by atoms with Gasteiger partial charge in [0.15, 0.2) is 0 Å². The number of fused-ring (bicyclic) bond motifs is 3. The molecule has 0 saturated carbocycles. The minimum absolute atomic E-state index is 0.0130. The van der Waals surface area contributed by atoms with Crippen LogP contribution >= 0.6 is 0 Å². The van der Waals surface area contributed by atoms with Crippen LogP contribution in [0.15, 0.2) is 48.5 Å². The first-order valence-electron chi connectivity index (χ1n) is 12.0. The first-order valence-corrected chi connectivity index (χ1v) is 12.0. The molecule has 3 N–H and O–H groups in total. The van der Waals surface area contributed by atoms with Crippen LogP contribution in [0.5, 0.6) is 0 Å². The average Bonchev–Trinajstić information content (AvgIpc) is 3.11. The number of carbonyl (C=O) groups excluding carboxylic acids is 2. The number of carbonyl (C=O) groups is 3. The maximum absolute atomic E-state index is 12.4. The van der Waals surface area contributed by atoms with Gasteiger partial charge in [-0.2, -0.15) is 0 Å². The molecule has 0 radical (unpaired) electrons. The van der Waals surface area contributed by atoms with Crippen LogP contribution in [-0.2, 0) is 14.3 Å². The number of amides is 2. The van der Waals surface area contributed by atoms with Crippen molar-refractivity contribution in [3.05, 3.63) is 59.7 Å². The van der Waals surface area contributed by atoms with Crippen molar-refractivity contribution in [1.29, 1.82) is 0 Å². The monoisotopic (exact) mass is 466 g/mol. The Labute approximate surface area is 200 Å². The Bertz CT molecular complexity index is 961. The normalized spacial score (nSPS) is 13.9. The molecule has 0 heterocycles. The van der Waals surface area contributed by atoms with E-state index in [1.54, 1.807) is 0 Å². The molecule has 2 aromatic carbocycles. The van der Waals surface area contributed by atoms with Crippen LogP contribution < -0.4 is 10.6 Å². The first-order chi connectivity index (χ1) is 16.4. The third kappa shape index (κ3) is 6.83. The quantitative estimate of drug-likeness (QED) is 0.415. The Balaban J connectivity index is 1.41. The summed E-state index contributed by atoms with van der Waals surface area (Å²) in [4.78, 5) is 35.5. The molecule has 0 fully saturated rings. The second-order valence-electron chi connectivity index (χ2n) is 8.91. The molecular weight excluding hydrogens is 432 g/mol. The highest BCUT2D eigenvalue weighted by atomic mass is 16.5. The zero-order chi connectivity index (χ0) is 24.5. The third-order valence-corrected chi connectivity index (χ3v) is 6.17. The minimum Gasteiger partial charge on any atom is -0.481 e. The molecule has 1 aliphatic rings. The zero-order valence-electron chi connectivity index (χ0n) is 19.9. The maximum Gasteiger partial charge on any atom is 0.407 e. The summed E-state index contributed by atoms with van der Waals surface area (Å²) in [5.41, 5.74) is 4.70. The van der Waals surface area contributed by atoms with E-state index in [0.717, 1.165) is 6.42 Å². The van der Waals surface area contributed by atoms with Gasteiger partial charge in [0.2, 0.25) is 5.91 Å². The van der Waals surface area contributed by atoms with Gasteiger partial charge in [-0.25, -0.2) is 4.79 Å². The SMILES string of the molecule is CCC[C@@H](CC(=O)O)NC(=O)CCCC(C)NC(=O)OCC1c2ccccc2-c2ccccc21. The van der Waals surface area contributed by atoms with Crippen LogP contribution in [0.25, 0.3) is 11.1 Å². The van der Waals surface area contributed by atoms with E-state index < -0.39 is 12.1 Å². The highest BCUT2D eigenvalue weighted by Gasteiger charge is 2.29. The lowest BCUT2D eigenvalue weighted by Crippen LogP contribution is -2.37.